The first-order valence-corrected chi connectivity index (χ1v) is 10.4. The van der Waals surface area contributed by atoms with Gasteiger partial charge < -0.3 is 5.32 Å². The van der Waals surface area contributed by atoms with Gasteiger partial charge in [-0.15, -0.1) is 18.3 Å². The van der Waals surface area contributed by atoms with E-state index in [9.17, 15) is 13.2 Å². The minimum absolute atomic E-state index is 0.0270. The van der Waals surface area contributed by atoms with Crippen molar-refractivity contribution < 1.29 is 13.2 Å². The lowest BCUT2D eigenvalue weighted by Crippen LogP contribution is -2.16. The number of carbonyl (C=O) groups excluding carboxylic acids is 1. The molecule has 1 aromatic carbocycles. The maximum absolute atomic E-state index is 12.4. The number of aromatic nitrogens is 2. The van der Waals surface area contributed by atoms with Gasteiger partial charge in [-0.25, -0.2) is 23.1 Å². The molecule has 0 aliphatic carbocycles. The molecule has 0 fully saturated rings. The average Bonchev–Trinajstić information content (AvgIpc) is 2.54. The van der Waals surface area contributed by atoms with Crippen LogP contribution >= 0.6 is 11.8 Å². The molecule has 1 heterocycles. The number of nitrogens with one attached hydrogen (secondary N) is 2. The summed E-state index contributed by atoms with van der Waals surface area (Å²) in [5.74, 6) is 0.863. The van der Waals surface area contributed by atoms with Crippen LogP contribution in [0, 0.1) is 13.8 Å². The summed E-state index contributed by atoms with van der Waals surface area (Å²) in [5.41, 5.74) is 1.86. The summed E-state index contributed by atoms with van der Waals surface area (Å²) in [6, 6.07) is 7.65. The Morgan fingerprint density at radius 2 is 1.81 bits per heavy atom. The minimum Gasteiger partial charge on any atom is -0.325 e. The Kier molecular flexibility index (Phi) is 6.76. The molecule has 9 heteroatoms. The fraction of sp³-hybridized carbons (Fsp3) is 0.235. The van der Waals surface area contributed by atoms with Gasteiger partial charge in [0.15, 0.2) is 0 Å². The Hall–Kier alpha value is -2.39. The van der Waals surface area contributed by atoms with Crippen LogP contribution < -0.4 is 10.0 Å². The lowest BCUT2D eigenvalue weighted by molar-refractivity contribution is -0.113. The van der Waals surface area contributed by atoms with Crippen LogP contribution in [0.15, 0.2) is 47.9 Å². The van der Waals surface area contributed by atoms with Crippen LogP contribution in [0.1, 0.15) is 11.4 Å². The van der Waals surface area contributed by atoms with Gasteiger partial charge in [0, 0.05) is 22.8 Å². The van der Waals surface area contributed by atoms with Crippen LogP contribution in [0.4, 0.5) is 11.6 Å². The number of hydrogen-bond acceptors (Lipinski definition) is 6. The van der Waals surface area contributed by atoms with E-state index < -0.39 is 10.0 Å². The zero-order valence-electron chi connectivity index (χ0n) is 14.5. The van der Waals surface area contributed by atoms with E-state index in [4.69, 9.17) is 0 Å². The number of hydrogen-bond donors (Lipinski definition) is 2. The Bertz CT molecular complexity index is 876. The summed E-state index contributed by atoms with van der Waals surface area (Å²) in [7, 11) is -3.81. The quantitative estimate of drug-likeness (QED) is 0.529. The number of amides is 1. The van der Waals surface area contributed by atoms with Gasteiger partial charge in [0.05, 0.1) is 10.6 Å². The number of rotatable bonds is 8. The highest BCUT2D eigenvalue weighted by Crippen LogP contribution is 2.17. The number of benzene rings is 1. The zero-order valence-corrected chi connectivity index (χ0v) is 16.2. The molecule has 0 saturated heterocycles. The van der Waals surface area contributed by atoms with E-state index in [1.54, 1.807) is 26.0 Å². The van der Waals surface area contributed by atoms with Gasteiger partial charge in [-0.05, 0) is 44.2 Å². The fourth-order valence-corrected chi connectivity index (χ4v) is 3.59. The smallest absolute Gasteiger partial charge is 0.264 e. The third kappa shape index (κ3) is 5.85. The third-order valence-electron chi connectivity index (χ3n) is 3.13. The Morgan fingerprint density at radius 1 is 1.19 bits per heavy atom. The molecule has 0 aliphatic heterocycles. The maximum Gasteiger partial charge on any atom is 0.264 e. The van der Waals surface area contributed by atoms with Gasteiger partial charge in [-0.2, -0.15) is 0 Å². The molecule has 0 aliphatic rings. The fourth-order valence-electron chi connectivity index (χ4n) is 2.10. The van der Waals surface area contributed by atoms with Gasteiger partial charge in [0.1, 0.15) is 0 Å². The molecule has 0 unspecified atom stereocenters. The molecule has 0 atom stereocenters. The molecule has 1 amide bonds. The SMILES string of the molecule is C=CCSCC(=O)Nc1ccc(S(=O)(=O)Nc2nc(C)cc(C)n2)cc1. The summed E-state index contributed by atoms with van der Waals surface area (Å²) in [5, 5.41) is 2.71. The number of anilines is 2. The van der Waals surface area contributed by atoms with E-state index in [-0.39, 0.29) is 16.8 Å². The highest BCUT2D eigenvalue weighted by atomic mass is 32.2. The number of sulfonamides is 1. The molecular weight excluding hydrogens is 372 g/mol. The van der Waals surface area contributed by atoms with E-state index in [1.807, 2.05) is 0 Å². The summed E-state index contributed by atoms with van der Waals surface area (Å²) >= 11 is 1.44. The van der Waals surface area contributed by atoms with Gasteiger partial charge in [-0.3, -0.25) is 4.79 Å². The number of thioether (sulfide) groups is 1. The Labute approximate surface area is 157 Å². The van der Waals surface area contributed by atoms with Crippen molar-refractivity contribution in [1.82, 2.24) is 9.97 Å². The topological polar surface area (TPSA) is 101 Å². The number of carbonyl (C=O) groups is 1. The van der Waals surface area contributed by atoms with Crippen LogP contribution in [0.3, 0.4) is 0 Å². The van der Waals surface area contributed by atoms with Gasteiger partial charge in [0.25, 0.3) is 10.0 Å². The highest BCUT2D eigenvalue weighted by molar-refractivity contribution is 8.00. The van der Waals surface area contributed by atoms with Crippen LogP contribution in [-0.2, 0) is 14.8 Å². The van der Waals surface area contributed by atoms with Crippen LogP contribution in [0.5, 0.6) is 0 Å². The van der Waals surface area contributed by atoms with E-state index in [2.05, 4.69) is 26.6 Å². The van der Waals surface area contributed by atoms with Gasteiger partial charge >= 0.3 is 0 Å². The molecule has 1 aromatic heterocycles. The van der Waals surface area contributed by atoms with E-state index in [0.717, 1.165) is 0 Å². The second-order valence-electron chi connectivity index (χ2n) is 5.46. The molecule has 0 radical (unpaired) electrons. The molecule has 0 spiro atoms. The number of aryl methyl sites for hydroxylation is 2. The summed E-state index contributed by atoms with van der Waals surface area (Å²) in [6.45, 7) is 7.11. The first-order chi connectivity index (χ1) is 12.3. The van der Waals surface area contributed by atoms with Crippen LogP contribution in [0.25, 0.3) is 0 Å². The van der Waals surface area contributed by atoms with Crippen molar-refractivity contribution in [3.8, 4) is 0 Å². The normalized spacial score (nSPS) is 11.0. The molecule has 2 rings (SSSR count). The average molecular weight is 393 g/mol. The maximum atomic E-state index is 12.4. The van der Waals surface area contributed by atoms with E-state index >= 15 is 0 Å². The van der Waals surface area contributed by atoms with Crippen molar-refractivity contribution in [2.45, 2.75) is 18.7 Å². The van der Waals surface area contributed by atoms with Crippen molar-refractivity contribution in [2.24, 2.45) is 0 Å². The predicted octanol–water partition coefficient (Wildman–Crippen LogP) is 2.75. The number of nitrogens with zero attached hydrogens (tertiary/aromatic N) is 2. The zero-order chi connectivity index (χ0) is 19.2. The molecule has 26 heavy (non-hydrogen) atoms. The van der Waals surface area contributed by atoms with Crippen molar-refractivity contribution in [1.29, 1.82) is 0 Å². The Morgan fingerprint density at radius 3 is 2.38 bits per heavy atom. The van der Waals surface area contributed by atoms with Crippen LogP contribution in [-0.4, -0.2) is 35.8 Å². The van der Waals surface area contributed by atoms with Crippen molar-refractivity contribution >= 4 is 39.3 Å². The summed E-state index contributed by atoms with van der Waals surface area (Å²) in [6.07, 6.45) is 1.73. The molecule has 2 N–H and O–H groups in total. The van der Waals surface area contributed by atoms with Gasteiger partial charge in [0.2, 0.25) is 11.9 Å². The molecule has 2 aromatic rings. The standard InChI is InChI=1S/C17H20N4O3S2/c1-4-9-25-11-16(22)20-14-5-7-15(8-6-14)26(23,24)21-17-18-12(2)10-13(3)19-17/h4-8,10H,1,9,11H2,2-3H3,(H,20,22)(H,18,19,21). The van der Waals surface area contributed by atoms with E-state index in [0.29, 0.717) is 28.6 Å². The Balaban J connectivity index is 2.06. The second-order valence-corrected chi connectivity index (χ2v) is 8.17. The first kappa shape index (κ1) is 19.9. The van der Waals surface area contributed by atoms with Gasteiger partial charge in [-0.1, -0.05) is 6.08 Å². The predicted molar refractivity (Wildman–Crippen MR) is 105 cm³/mol. The first-order valence-electron chi connectivity index (χ1n) is 7.74. The van der Waals surface area contributed by atoms with Crippen molar-refractivity contribution in [3.05, 3.63) is 54.4 Å². The second kappa shape index (κ2) is 8.81. The van der Waals surface area contributed by atoms with Crippen molar-refractivity contribution in [3.63, 3.8) is 0 Å². The van der Waals surface area contributed by atoms with Crippen LogP contribution in [0.2, 0.25) is 0 Å². The molecular formula is C17H20N4O3S2. The van der Waals surface area contributed by atoms with Crippen molar-refractivity contribution in [2.75, 3.05) is 21.5 Å². The summed E-state index contributed by atoms with van der Waals surface area (Å²) in [4.78, 5) is 20.0. The molecule has 0 bridgehead atoms. The largest absolute Gasteiger partial charge is 0.325 e. The molecule has 7 nitrogen and oxygen atoms in total. The third-order valence-corrected chi connectivity index (χ3v) is 5.41. The lowest BCUT2D eigenvalue weighted by atomic mass is 10.3. The highest BCUT2D eigenvalue weighted by Gasteiger charge is 2.16. The summed E-state index contributed by atoms with van der Waals surface area (Å²) < 4.78 is 27.2. The molecule has 0 saturated carbocycles. The molecule has 138 valence electrons. The monoisotopic (exact) mass is 392 g/mol. The van der Waals surface area contributed by atoms with E-state index in [1.165, 1.54) is 36.0 Å². The minimum atomic E-state index is -3.81. The lowest BCUT2D eigenvalue weighted by Gasteiger charge is -2.09.